The first-order valence-corrected chi connectivity index (χ1v) is 25.1. The van der Waals surface area contributed by atoms with Crippen LogP contribution in [0.15, 0.2) is 108 Å². The van der Waals surface area contributed by atoms with Gasteiger partial charge in [-0.1, -0.05) is 0 Å². The number of hydrogen-bond donors (Lipinski definition) is 0. The number of hydrogen-bond acceptors (Lipinski definition) is 0. The molecule has 0 aliphatic heterocycles. The summed E-state index contributed by atoms with van der Waals surface area (Å²) >= 11 is -3.89. The van der Waals surface area contributed by atoms with Gasteiger partial charge in [0.2, 0.25) is 0 Å². The molecule has 174 valence electrons. The van der Waals surface area contributed by atoms with E-state index in [9.17, 15) is 0 Å². The van der Waals surface area contributed by atoms with Gasteiger partial charge in [0.25, 0.3) is 0 Å². The number of fused-ring (bicyclic) bond motifs is 2. The molecule has 0 fully saturated rings. The predicted molar refractivity (Wildman–Crippen MR) is 153 cm³/mol. The Bertz CT molecular complexity index is 1310. The van der Waals surface area contributed by atoms with Crippen molar-refractivity contribution < 1.29 is 17.4 Å². The van der Waals surface area contributed by atoms with E-state index in [-0.39, 0.29) is 31.1 Å². The van der Waals surface area contributed by atoms with Crippen LogP contribution < -0.4 is 0 Å². The molecule has 0 aromatic heterocycles. The molecule has 2 aromatic rings. The molecule has 0 nitrogen and oxygen atoms in total. The molecule has 4 aliphatic carbocycles. The van der Waals surface area contributed by atoms with Gasteiger partial charge in [-0.25, -0.2) is 0 Å². The standard InChI is InChI=1S/2C14H11.2CH3.2ClH.H2Si.Zr/c2*1-2-6-11(5-1)14-10-9-12-7-3-4-8-13(12)14;;;;;;/h2*1-5,7-10H,6H2;2*1H3;2*1H;1H2;. The van der Waals surface area contributed by atoms with Crippen molar-refractivity contribution in [2.45, 2.75) is 28.4 Å². The van der Waals surface area contributed by atoms with Gasteiger partial charge >= 0.3 is 195 Å². The van der Waals surface area contributed by atoms with Crippen LogP contribution in [0.1, 0.15) is 35.1 Å². The van der Waals surface area contributed by atoms with Crippen LogP contribution >= 0.6 is 24.8 Å². The molecule has 0 heterocycles. The van der Waals surface area contributed by atoms with Crippen LogP contribution in [0.3, 0.4) is 0 Å². The minimum absolute atomic E-state index is 0. The van der Waals surface area contributed by atoms with E-state index in [1.165, 1.54) is 22.3 Å². The van der Waals surface area contributed by atoms with E-state index in [0.29, 0.717) is 0 Å². The SMILES string of the molecule is Cl.Cl.[CH3][Zr]([CH3])(=[SiH2])([C]1(C2=CC=CC2)C=Cc2ccccc21)[C]1(C2=CC=CC2)C=Cc2ccccc21. The number of halogens is 2. The monoisotopic (exact) mass is 580 g/mol. The first-order chi connectivity index (χ1) is 15.4. The molecule has 0 bridgehead atoms. The summed E-state index contributed by atoms with van der Waals surface area (Å²) in [5.74, 6) is 0. The molecule has 0 spiro atoms. The Kier molecular flexibility index (Phi) is 6.48. The molecule has 0 saturated carbocycles. The Hall–Kier alpha value is -1.44. The van der Waals surface area contributed by atoms with Gasteiger partial charge in [-0.2, -0.15) is 0 Å². The molecule has 0 radical (unpaired) electrons. The number of rotatable bonds is 4. The van der Waals surface area contributed by atoms with Gasteiger partial charge in [0.05, 0.1) is 0 Å². The zero-order chi connectivity index (χ0) is 22.1. The Balaban J connectivity index is 0.00000137. The average Bonchev–Trinajstić information content (AvgIpc) is 3.58. The Morgan fingerprint density at radius 3 is 1.47 bits per heavy atom. The fraction of sp³-hybridized carbons (Fsp3) is 0.200. The molecule has 2 atom stereocenters. The van der Waals surface area contributed by atoms with Crippen molar-refractivity contribution in [3.05, 3.63) is 131 Å². The molecule has 6 rings (SSSR count). The van der Waals surface area contributed by atoms with Crippen LogP contribution in [0.5, 0.6) is 0 Å². The second-order valence-electron chi connectivity index (χ2n) is 10.8. The summed E-state index contributed by atoms with van der Waals surface area (Å²) in [6.07, 6.45) is 26.3. The molecule has 2 unspecified atom stereocenters. The predicted octanol–water partition coefficient (Wildman–Crippen LogP) is 7.78. The van der Waals surface area contributed by atoms with Crippen LogP contribution in [-0.4, -0.2) is 6.88 Å². The number of benzene rings is 2. The summed E-state index contributed by atoms with van der Waals surface area (Å²) in [5.41, 5.74) is 9.05. The second-order valence-corrected chi connectivity index (χ2v) is 40.4. The van der Waals surface area contributed by atoms with Crippen LogP contribution in [0, 0.1) is 0 Å². The van der Waals surface area contributed by atoms with Crippen LogP contribution in [0.25, 0.3) is 12.2 Å². The summed E-state index contributed by atoms with van der Waals surface area (Å²) < 4.78 is 5.48. The van der Waals surface area contributed by atoms with Crippen LogP contribution in [-0.2, 0) is 23.6 Å². The summed E-state index contributed by atoms with van der Waals surface area (Å²) in [6.45, 7) is 2.43. The average molecular weight is 583 g/mol. The van der Waals surface area contributed by atoms with E-state index in [1.54, 1.807) is 11.1 Å². The van der Waals surface area contributed by atoms with Crippen LogP contribution in [0.2, 0.25) is 9.26 Å². The topological polar surface area (TPSA) is 0 Å². The van der Waals surface area contributed by atoms with Gasteiger partial charge in [-0.05, 0) is 0 Å². The quantitative estimate of drug-likeness (QED) is 0.323. The van der Waals surface area contributed by atoms with Crippen molar-refractivity contribution in [1.29, 1.82) is 0 Å². The molecule has 34 heavy (non-hydrogen) atoms. The van der Waals surface area contributed by atoms with Gasteiger partial charge < -0.3 is 0 Å². The zero-order valence-electron chi connectivity index (χ0n) is 19.8. The van der Waals surface area contributed by atoms with Crippen molar-refractivity contribution in [3.63, 3.8) is 0 Å². The summed E-state index contributed by atoms with van der Waals surface area (Å²) in [4.78, 5) is 0. The molecule has 4 aliphatic rings. The van der Waals surface area contributed by atoms with Gasteiger partial charge in [0, 0.05) is 0 Å². The van der Waals surface area contributed by atoms with Gasteiger partial charge in [-0.15, -0.1) is 24.8 Å². The normalized spacial score (nSPS) is 26.0. The molecule has 4 heteroatoms. The first-order valence-electron chi connectivity index (χ1n) is 11.8. The van der Waals surface area contributed by atoms with E-state index in [2.05, 4.69) is 125 Å². The first kappa shape index (κ1) is 25.6. The second kappa shape index (κ2) is 8.59. The van der Waals surface area contributed by atoms with Crippen molar-refractivity contribution >= 4 is 43.8 Å². The fourth-order valence-electron chi connectivity index (χ4n) is 7.39. The molecule has 0 amide bonds. The third kappa shape index (κ3) is 2.99. The molecular formula is C30H32Cl2SiZr. The third-order valence-electron chi connectivity index (χ3n) is 8.88. The van der Waals surface area contributed by atoms with E-state index >= 15 is 0 Å². The molecule has 0 saturated heterocycles. The minimum atomic E-state index is -3.89. The van der Waals surface area contributed by atoms with Crippen molar-refractivity contribution in [2.24, 2.45) is 0 Å². The van der Waals surface area contributed by atoms with E-state index < -0.39 is 17.4 Å². The van der Waals surface area contributed by atoms with E-state index in [0.717, 1.165) is 12.8 Å². The van der Waals surface area contributed by atoms with E-state index in [1.807, 2.05) is 0 Å². The van der Waals surface area contributed by atoms with E-state index in [4.69, 9.17) is 0 Å². The van der Waals surface area contributed by atoms with Gasteiger partial charge in [-0.3, -0.25) is 0 Å². The van der Waals surface area contributed by atoms with Gasteiger partial charge in [0.15, 0.2) is 0 Å². The maximum atomic E-state index is 2.75. The molecule has 2 aromatic carbocycles. The Morgan fingerprint density at radius 2 is 1.09 bits per heavy atom. The van der Waals surface area contributed by atoms with Crippen molar-refractivity contribution in [3.8, 4) is 0 Å². The summed E-state index contributed by atoms with van der Waals surface area (Å²) in [5, 5.41) is 0. The Labute approximate surface area is 218 Å². The zero-order valence-corrected chi connectivity index (χ0v) is 25.3. The summed E-state index contributed by atoms with van der Waals surface area (Å²) in [7, 11) is 0. The Morgan fingerprint density at radius 1 is 0.676 bits per heavy atom. The maximum absolute atomic E-state index is 3.89. The van der Waals surface area contributed by atoms with Gasteiger partial charge in [0.1, 0.15) is 0 Å². The molecule has 0 N–H and O–H groups in total. The fourth-order valence-corrected chi connectivity index (χ4v) is 29.6. The third-order valence-corrected chi connectivity index (χ3v) is 31.6. The van der Waals surface area contributed by atoms with Crippen molar-refractivity contribution in [1.82, 2.24) is 0 Å². The van der Waals surface area contributed by atoms with Crippen LogP contribution in [0.4, 0.5) is 0 Å². The van der Waals surface area contributed by atoms with Crippen molar-refractivity contribution in [2.75, 3.05) is 0 Å². The molecular weight excluding hydrogens is 551 g/mol. The number of allylic oxidation sites excluding steroid dienone is 10. The summed E-state index contributed by atoms with van der Waals surface area (Å²) in [6, 6.07) is 18.3.